The highest BCUT2D eigenvalue weighted by Crippen LogP contribution is 2.26. The van der Waals surface area contributed by atoms with Crippen LogP contribution in [0.4, 0.5) is 11.4 Å². The van der Waals surface area contributed by atoms with Gasteiger partial charge in [0.2, 0.25) is 0 Å². The number of nitrogens with zero attached hydrogens (tertiary/aromatic N) is 1. The monoisotopic (exact) mass is 253 g/mol. The van der Waals surface area contributed by atoms with Crippen molar-refractivity contribution in [3.63, 3.8) is 0 Å². The number of nitrogen functional groups attached to an aromatic ring is 2. The van der Waals surface area contributed by atoms with E-state index in [0.29, 0.717) is 17.8 Å². The molecule has 0 radical (unpaired) electrons. The normalized spacial score (nSPS) is 11.2. The molecule has 5 N–H and O–H groups in total. The molecule has 0 amide bonds. The summed E-state index contributed by atoms with van der Waals surface area (Å²) in [6.45, 7) is 0.0956. The van der Waals surface area contributed by atoms with Crippen molar-refractivity contribution in [3.8, 4) is 0 Å². The smallest absolute Gasteiger partial charge is 0.0733 e. The van der Waals surface area contributed by atoms with E-state index in [1.54, 1.807) is 0 Å². The molecule has 0 aliphatic rings. The summed E-state index contributed by atoms with van der Waals surface area (Å²) in [6.07, 6.45) is 0.573. The summed E-state index contributed by atoms with van der Waals surface area (Å²) >= 11 is 0. The SMILES string of the molecule is Nc1ccc2cc3c(CCO)cc(N)cc3nc2c1. The molecule has 0 unspecified atom stereocenters. The van der Waals surface area contributed by atoms with Gasteiger partial charge in [0.25, 0.3) is 0 Å². The van der Waals surface area contributed by atoms with Crippen molar-refractivity contribution in [2.45, 2.75) is 6.42 Å². The average Bonchev–Trinajstić information content (AvgIpc) is 2.37. The molecule has 1 aromatic heterocycles. The molecule has 0 bridgehead atoms. The zero-order valence-electron chi connectivity index (χ0n) is 10.4. The summed E-state index contributed by atoms with van der Waals surface area (Å²) in [7, 11) is 0. The van der Waals surface area contributed by atoms with E-state index in [-0.39, 0.29) is 6.61 Å². The average molecular weight is 253 g/mol. The van der Waals surface area contributed by atoms with Gasteiger partial charge in [0.1, 0.15) is 0 Å². The van der Waals surface area contributed by atoms with Crippen LogP contribution < -0.4 is 11.5 Å². The first-order valence-electron chi connectivity index (χ1n) is 6.16. The lowest BCUT2D eigenvalue weighted by Crippen LogP contribution is -1.97. The lowest BCUT2D eigenvalue weighted by molar-refractivity contribution is 0.300. The quantitative estimate of drug-likeness (QED) is 0.482. The molecule has 2 aromatic carbocycles. The lowest BCUT2D eigenvalue weighted by atomic mass is 10.0. The van der Waals surface area contributed by atoms with Crippen LogP contribution in [0, 0.1) is 0 Å². The zero-order valence-corrected chi connectivity index (χ0v) is 10.4. The third-order valence-corrected chi connectivity index (χ3v) is 3.24. The van der Waals surface area contributed by atoms with E-state index in [1.165, 1.54) is 0 Å². The fourth-order valence-electron chi connectivity index (χ4n) is 2.37. The Balaban J connectivity index is 2.36. The molecule has 3 rings (SSSR count). The van der Waals surface area contributed by atoms with Gasteiger partial charge in [-0.15, -0.1) is 0 Å². The maximum atomic E-state index is 9.14. The first-order chi connectivity index (χ1) is 9.17. The molecular formula is C15H15N3O. The number of hydrogen-bond donors (Lipinski definition) is 3. The minimum absolute atomic E-state index is 0.0956. The van der Waals surface area contributed by atoms with Crippen molar-refractivity contribution in [2.75, 3.05) is 18.1 Å². The highest BCUT2D eigenvalue weighted by atomic mass is 16.2. The van der Waals surface area contributed by atoms with Crippen LogP contribution >= 0.6 is 0 Å². The van der Waals surface area contributed by atoms with E-state index in [4.69, 9.17) is 16.6 Å². The molecule has 0 saturated carbocycles. The molecule has 0 atom stereocenters. The van der Waals surface area contributed by atoms with Gasteiger partial charge >= 0.3 is 0 Å². The van der Waals surface area contributed by atoms with E-state index in [2.05, 4.69) is 11.1 Å². The minimum Gasteiger partial charge on any atom is -0.399 e. The van der Waals surface area contributed by atoms with Crippen LogP contribution in [0.25, 0.3) is 21.8 Å². The highest BCUT2D eigenvalue weighted by molar-refractivity contribution is 5.96. The Morgan fingerprint density at radius 3 is 2.53 bits per heavy atom. The summed E-state index contributed by atoms with van der Waals surface area (Å²) in [6, 6.07) is 11.5. The fraction of sp³-hybridized carbons (Fsp3) is 0.133. The second kappa shape index (κ2) is 4.40. The van der Waals surface area contributed by atoms with Gasteiger partial charge in [-0.05, 0) is 42.3 Å². The molecule has 1 heterocycles. The van der Waals surface area contributed by atoms with Gasteiger partial charge < -0.3 is 16.6 Å². The molecule has 0 saturated heterocycles. The third-order valence-electron chi connectivity index (χ3n) is 3.24. The maximum Gasteiger partial charge on any atom is 0.0733 e. The van der Waals surface area contributed by atoms with Crippen LogP contribution in [-0.2, 0) is 6.42 Å². The number of aromatic nitrogens is 1. The van der Waals surface area contributed by atoms with Crippen LogP contribution in [0.2, 0.25) is 0 Å². The summed E-state index contributed by atoms with van der Waals surface area (Å²) in [5.41, 5.74) is 15.7. The Kier molecular flexibility index (Phi) is 2.72. The second-order valence-corrected chi connectivity index (χ2v) is 4.66. The topological polar surface area (TPSA) is 85.2 Å². The highest BCUT2D eigenvalue weighted by Gasteiger charge is 2.06. The van der Waals surface area contributed by atoms with Gasteiger partial charge in [0.15, 0.2) is 0 Å². The van der Waals surface area contributed by atoms with Gasteiger partial charge in [-0.3, -0.25) is 0 Å². The van der Waals surface area contributed by atoms with Gasteiger partial charge in [-0.2, -0.15) is 0 Å². The molecule has 4 heteroatoms. The number of aliphatic hydroxyl groups excluding tert-OH is 1. The second-order valence-electron chi connectivity index (χ2n) is 4.66. The van der Waals surface area contributed by atoms with Crippen LogP contribution in [0.15, 0.2) is 36.4 Å². The van der Waals surface area contributed by atoms with E-state index < -0.39 is 0 Å². The number of rotatable bonds is 2. The third kappa shape index (κ3) is 2.06. The van der Waals surface area contributed by atoms with E-state index in [9.17, 15) is 0 Å². The van der Waals surface area contributed by atoms with Gasteiger partial charge in [-0.25, -0.2) is 4.98 Å². The minimum atomic E-state index is 0.0956. The fourth-order valence-corrected chi connectivity index (χ4v) is 2.37. The molecule has 4 nitrogen and oxygen atoms in total. The number of aliphatic hydroxyl groups is 1. The predicted octanol–water partition coefficient (Wildman–Crippen LogP) is 2.09. The first kappa shape index (κ1) is 11.7. The standard InChI is InChI=1S/C15H15N3O/c16-11-2-1-10-6-13-9(3-4-19)5-12(17)8-15(13)18-14(10)7-11/h1-2,5-8,19H,3-4,16-17H2. The van der Waals surface area contributed by atoms with Crippen molar-refractivity contribution in [2.24, 2.45) is 0 Å². The molecule has 0 aliphatic heterocycles. The Bertz CT molecular complexity index is 768. The molecular weight excluding hydrogens is 238 g/mol. The number of benzene rings is 2. The van der Waals surface area contributed by atoms with Crippen molar-refractivity contribution in [1.82, 2.24) is 4.98 Å². The number of hydrogen-bond acceptors (Lipinski definition) is 4. The first-order valence-corrected chi connectivity index (χ1v) is 6.16. The molecule has 0 fully saturated rings. The van der Waals surface area contributed by atoms with E-state index in [1.807, 2.05) is 30.3 Å². The van der Waals surface area contributed by atoms with E-state index >= 15 is 0 Å². The van der Waals surface area contributed by atoms with Crippen LogP contribution in [0.1, 0.15) is 5.56 Å². The number of fused-ring (bicyclic) bond motifs is 2. The van der Waals surface area contributed by atoms with Crippen molar-refractivity contribution >= 4 is 33.2 Å². The summed E-state index contributed by atoms with van der Waals surface area (Å²) in [4.78, 5) is 4.60. The number of anilines is 2. The Morgan fingerprint density at radius 2 is 1.74 bits per heavy atom. The summed E-state index contributed by atoms with van der Waals surface area (Å²) in [5, 5.41) is 11.2. The van der Waals surface area contributed by atoms with Crippen molar-refractivity contribution < 1.29 is 5.11 Å². The van der Waals surface area contributed by atoms with Crippen molar-refractivity contribution in [3.05, 3.63) is 42.0 Å². The molecule has 0 aliphatic carbocycles. The molecule has 19 heavy (non-hydrogen) atoms. The molecule has 96 valence electrons. The zero-order chi connectivity index (χ0) is 13.4. The Labute approximate surface area is 110 Å². The Hall–Kier alpha value is -2.33. The molecule has 0 spiro atoms. The van der Waals surface area contributed by atoms with Gasteiger partial charge in [0.05, 0.1) is 11.0 Å². The number of pyridine rings is 1. The maximum absolute atomic E-state index is 9.14. The van der Waals surface area contributed by atoms with Gasteiger partial charge in [0, 0.05) is 28.8 Å². The van der Waals surface area contributed by atoms with Crippen LogP contribution in [0.3, 0.4) is 0 Å². The predicted molar refractivity (Wildman–Crippen MR) is 78.9 cm³/mol. The van der Waals surface area contributed by atoms with E-state index in [0.717, 1.165) is 27.4 Å². The van der Waals surface area contributed by atoms with Crippen LogP contribution in [0.5, 0.6) is 0 Å². The summed E-state index contributed by atoms with van der Waals surface area (Å²) in [5.74, 6) is 0. The Morgan fingerprint density at radius 1 is 0.947 bits per heavy atom. The van der Waals surface area contributed by atoms with Crippen LogP contribution in [-0.4, -0.2) is 16.7 Å². The van der Waals surface area contributed by atoms with Gasteiger partial charge in [-0.1, -0.05) is 6.07 Å². The lowest BCUT2D eigenvalue weighted by Gasteiger charge is -2.08. The van der Waals surface area contributed by atoms with Crippen molar-refractivity contribution in [1.29, 1.82) is 0 Å². The molecule has 3 aromatic rings. The number of nitrogens with two attached hydrogens (primary N) is 2. The summed E-state index contributed by atoms with van der Waals surface area (Å²) < 4.78 is 0. The largest absolute Gasteiger partial charge is 0.399 e.